The number of hydrogen-bond acceptors (Lipinski definition) is 4. The van der Waals surface area contributed by atoms with Gasteiger partial charge in [0.2, 0.25) is 0 Å². The monoisotopic (exact) mass is 455 g/mol. The molecule has 0 spiro atoms. The maximum atomic E-state index is 11.1. The molecular weight excluding hydrogens is 430 g/mol. The predicted octanol–water partition coefficient (Wildman–Crippen LogP) is 6.62. The highest BCUT2D eigenvalue weighted by molar-refractivity contribution is 7.17. The molecule has 3 aromatic carbocycles. The van der Waals surface area contributed by atoms with E-state index < -0.39 is 5.97 Å². The summed E-state index contributed by atoms with van der Waals surface area (Å²) in [5, 5.41) is 12.5. The van der Waals surface area contributed by atoms with Crippen LogP contribution in [0, 0.1) is 18.8 Å². The number of hydrogen-bond donors (Lipinski definition) is 2. The average Bonchev–Trinajstić information content (AvgIpc) is 3.20. The first-order valence-electron chi connectivity index (χ1n) is 10.7. The van der Waals surface area contributed by atoms with Gasteiger partial charge in [-0.15, -0.1) is 17.3 Å². The minimum Gasteiger partial charge on any atom is -0.489 e. The van der Waals surface area contributed by atoms with Gasteiger partial charge in [0.15, 0.2) is 0 Å². The van der Waals surface area contributed by atoms with Gasteiger partial charge in [0.05, 0.1) is 12.3 Å². The summed E-state index contributed by atoms with van der Waals surface area (Å²) in [5.74, 6) is 5.33. The number of nitrogens with two attached hydrogens (primary N) is 1. The maximum Gasteiger partial charge on any atom is 0.304 e. The molecule has 0 amide bonds. The van der Waals surface area contributed by atoms with E-state index in [9.17, 15) is 4.79 Å². The summed E-state index contributed by atoms with van der Waals surface area (Å²) in [6.07, 6.45) is -0.0184. The number of rotatable bonds is 7. The molecule has 1 unspecified atom stereocenters. The van der Waals surface area contributed by atoms with Crippen molar-refractivity contribution >= 4 is 33.1 Å². The molecule has 0 aliphatic carbocycles. The van der Waals surface area contributed by atoms with Crippen LogP contribution in [0.25, 0.3) is 21.2 Å². The van der Waals surface area contributed by atoms with E-state index in [2.05, 4.69) is 48.4 Å². The smallest absolute Gasteiger partial charge is 0.304 e. The summed E-state index contributed by atoms with van der Waals surface area (Å²) in [5.41, 5.74) is 12.4. The van der Waals surface area contributed by atoms with E-state index in [1.807, 2.05) is 36.4 Å². The first kappa shape index (κ1) is 22.4. The van der Waals surface area contributed by atoms with Crippen LogP contribution in [0.5, 0.6) is 5.75 Å². The van der Waals surface area contributed by atoms with Crippen molar-refractivity contribution in [3.8, 4) is 28.7 Å². The van der Waals surface area contributed by atoms with Gasteiger partial charge in [0.1, 0.15) is 12.4 Å². The molecule has 0 saturated heterocycles. The van der Waals surface area contributed by atoms with Crippen LogP contribution in [-0.2, 0) is 11.4 Å². The zero-order chi connectivity index (χ0) is 23.4. The third kappa shape index (κ3) is 5.02. The summed E-state index contributed by atoms with van der Waals surface area (Å²) in [4.78, 5) is 11.1. The number of ether oxygens (including phenoxy) is 1. The van der Waals surface area contributed by atoms with E-state index in [1.54, 1.807) is 18.3 Å². The topological polar surface area (TPSA) is 72.5 Å². The van der Waals surface area contributed by atoms with Crippen LogP contribution in [0.4, 0.5) is 5.69 Å². The van der Waals surface area contributed by atoms with Gasteiger partial charge in [0.25, 0.3) is 0 Å². The van der Waals surface area contributed by atoms with Gasteiger partial charge < -0.3 is 15.6 Å². The van der Waals surface area contributed by atoms with Crippen LogP contribution in [0.3, 0.4) is 0 Å². The Morgan fingerprint density at radius 3 is 2.64 bits per heavy atom. The lowest BCUT2D eigenvalue weighted by Gasteiger charge is -2.11. The van der Waals surface area contributed by atoms with Gasteiger partial charge in [-0.3, -0.25) is 4.79 Å². The molecule has 166 valence electrons. The number of carboxylic acid groups (broad SMARTS) is 1. The van der Waals surface area contributed by atoms with Crippen molar-refractivity contribution in [2.75, 3.05) is 5.73 Å². The van der Waals surface area contributed by atoms with Crippen LogP contribution in [0.1, 0.15) is 36.0 Å². The lowest BCUT2D eigenvalue weighted by molar-refractivity contribution is -0.137. The summed E-state index contributed by atoms with van der Waals surface area (Å²) >= 11 is 1.71. The molecule has 1 aromatic heterocycles. The number of benzene rings is 3. The van der Waals surface area contributed by atoms with Crippen LogP contribution >= 0.6 is 11.3 Å². The van der Waals surface area contributed by atoms with Gasteiger partial charge in [-0.05, 0) is 66.2 Å². The van der Waals surface area contributed by atoms with E-state index in [0.717, 1.165) is 39.3 Å². The number of anilines is 1. The van der Waals surface area contributed by atoms with Gasteiger partial charge >= 0.3 is 5.97 Å². The van der Waals surface area contributed by atoms with E-state index >= 15 is 0 Å². The van der Waals surface area contributed by atoms with E-state index in [4.69, 9.17) is 15.6 Å². The Balaban J connectivity index is 1.53. The second-order valence-electron chi connectivity index (χ2n) is 7.92. The zero-order valence-electron chi connectivity index (χ0n) is 18.6. The molecule has 1 atom stereocenters. The standard InChI is InChI=1S/C28H25NO3S/c1-3-5-21(15-27(30)31)20-9-11-22(12-10-20)32-16-19-8-13-26-23(14-19)24(17-33-26)28-18(2)6-4-7-25(28)29/h4,6-14,17,21H,15-16,29H2,1-2H3,(H,30,31). The van der Waals surface area contributed by atoms with E-state index in [0.29, 0.717) is 6.61 Å². The molecule has 5 heteroatoms. The Bertz CT molecular complexity index is 1340. The molecule has 0 saturated carbocycles. The molecular formula is C28H25NO3S. The van der Waals surface area contributed by atoms with Crippen molar-refractivity contribution in [2.45, 2.75) is 32.8 Å². The molecule has 33 heavy (non-hydrogen) atoms. The first-order valence-corrected chi connectivity index (χ1v) is 11.6. The molecule has 0 fully saturated rings. The normalized spacial score (nSPS) is 11.6. The Morgan fingerprint density at radius 1 is 1.15 bits per heavy atom. The van der Waals surface area contributed by atoms with Crippen LogP contribution in [-0.4, -0.2) is 11.1 Å². The number of carbonyl (C=O) groups is 1. The molecule has 4 aromatic rings. The van der Waals surface area contributed by atoms with Crippen molar-refractivity contribution in [2.24, 2.45) is 0 Å². The Labute approximate surface area is 197 Å². The molecule has 4 rings (SSSR count). The fourth-order valence-electron chi connectivity index (χ4n) is 3.98. The second kappa shape index (κ2) is 9.81. The van der Waals surface area contributed by atoms with Crippen LogP contribution in [0.2, 0.25) is 0 Å². The van der Waals surface area contributed by atoms with Gasteiger partial charge in [-0.25, -0.2) is 0 Å². The van der Waals surface area contributed by atoms with Crippen molar-refractivity contribution in [1.82, 2.24) is 0 Å². The molecule has 3 N–H and O–H groups in total. The number of nitrogen functional groups attached to an aromatic ring is 1. The molecule has 1 heterocycles. The van der Waals surface area contributed by atoms with Gasteiger partial charge in [0, 0.05) is 26.9 Å². The summed E-state index contributed by atoms with van der Waals surface area (Å²) < 4.78 is 7.22. The third-order valence-electron chi connectivity index (χ3n) is 5.60. The number of carboxylic acids is 1. The Morgan fingerprint density at radius 2 is 1.94 bits per heavy atom. The van der Waals surface area contributed by atoms with Crippen LogP contribution in [0.15, 0.2) is 66.0 Å². The largest absolute Gasteiger partial charge is 0.489 e. The fourth-order valence-corrected chi connectivity index (χ4v) is 4.91. The number of fused-ring (bicyclic) bond motifs is 1. The van der Waals surface area contributed by atoms with Gasteiger partial charge in [-0.1, -0.05) is 36.3 Å². The van der Waals surface area contributed by atoms with Crippen molar-refractivity contribution in [3.63, 3.8) is 0 Å². The Kier molecular flexibility index (Phi) is 6.67. The SMILES string of the molecule is CC#CC(CC(=O)O)c1ccc(OCc2ccc3scc(-c4c(C)cccc4N)c3c2)cc1. The Hall–Kier alpha value is -3.75. The van der Waals surface area contributed by atoms with Crippen molar-refractivity contribution < 1.29 is 14.6 Å². The summed E-state index contributed by atoms with van der Waals surface area (Å²) in [6.45, 7) is 4.23. The highest BCUT2D eigenvalue weighted by atomic mass is 32.1. The number of aryl methyl sites for hydroxylation is 1. The minimum absolute atomic E-state index is 0.0184. The van der Waals surface area contributed by atoms with Crippen molar-refractivity contribution in [3.05, 3.63) is 82.7 Å². The molecule has 0 aliphatic rings. The molecule has 0 aliphatic heterocycles. The fraction of sp³-hybridized carbons (Fsp3) is 0.179. The van der Waals surface area contributed by atoms with E-state index in [-0.39, 0.29) is 12.3 Å². The van der Waals surface area contributed by atoms with Gasteiger partial charge in [-0.2, -0.15) is 0 Å². The van der Waals surface area contributed by atoms with Crippen molar-refractivity contribution in [1.29, 1.82) is 0 Å². The quantitative estimate of drug-likeness (QED) is 0.243. The third-order valence-corrected chi connectivity index (χ3v) is 6.56. The number of aliphatic carboxylic acids is 1. The molecule has 4 nitrogen and oxygen atoms in total. The molecule has 0 radical (unpaired) electrons. The molecule has 0 bridgehead atoms. The van der Waals surface area contributed by atoms with Crippen LogP contribution < -0.4 is 10.5 Å². The second-order valence-corrected chi connectivity index (χ2v) is 8.83. The van der Waals surface area contributed by atoms with E-state index in [1.165, 1.54) is 10.1 Å². The lowest BCUT2D eigenvalue weighted by Crippen LogP contribution is -2.04. The number of thiophene rings is 1. The summed E-state index contributed by atoms with van der Waals surface area (Å²) in [6, 6.07) is 19.9. The highest BCUT2D eigenvalue weighted by Gasteiger charge is 2.14. The zero-order valence-corrected chi connectivity index (χ0v) is 19.4. The summed E-state index contributed by atoms with van der Waals surface area (Å²) in [7, 11) is 0. The maximum absolute atomic E-state index is 11.1. The lowest BCUT2D eigenvalue weighted by atomic mass is 9.96. The predicted molar refractivity (Wildman–Crippen MR) is 136 cm³/mol. The minimum atomic E-state index is -0.862. The highest BCUT2D eigenvalue weighted by Crippen LogP contribution is 2.39. The first-order chi connectivity index (χ1) is 16.0. The average molecular weight is 456 g/mol.